The van der Waals surface area contributed by atoms with Gasteiger partial charge in [-0.15, -0.1) is 0 Å². The lowest BCUT2D eigenvalue weighted by Crippen LogP contribution is -2.66. The van der Waals surface area contributed by atoms with Crippen LogP contribution in [0.3, 0.4) is 0 Å². The van der Waals surface area contributed by atoms with E-state index < -0.39 is 124 Å². The number of hydrogen-bond acceptors (Lipinski definition) is 18. The zero-order chi connectivity index (χ0) is 52.0. The average Bonchev–Trinajstić information content (AvgIpc) is 3.36. The Kier molecular flexibility index (Phi) is 33.5. The van der Waals surface area contributed by atoms with Gasteiger partial charge in [0.05, 0.1) is 38.6 Å². The standard InChI is InChI=1S/C52H97NO18/c1-3-5-7-9-11-13-15-16-17-18-19-20-21-23-25-27-29-36(57)35(53-40(58)30-28-26-24-22-14-12-10-8-6-4-2)34-66-50-46(64)43(61)48(38(32-55)68-50)71-52-47(65)44(62)49(39(33-56)69-52)70-51-45(63)42(60)41(59)37(31-54)67-51/h8,10,35-39,41-52,54-57,59-65H,3-7,9,11-34H2,1-2H3,(H,53,58)/b10-8-. The summed E-state index contributed by atoms with van der Waals surface area (Å²) in [5.41, 5.74) is 0. The fourth-order valence-electron chi connectivity index (χ4n) is 9.49. The van der Waals surface area contributed by atoms with Gasteiger partial charge in [0.25, 0.3) is 0 Å². The van der Waals surface area contributed by atoms with Crippen molar-refractivity contribution in [2.45, 2.75) is 285 Å². The third-order valence-electron chi connectivity index (χ3n) is 14.1. The van der Waals surface area contributed by atoms with Gasteiger partial charge < -0.3 is 89.9 Å². The number of aliphatic hydroxyl groups is 11. The van der Waals surface area contributed by atoms with E-state index in [0.717, 1.165) is 70.6 Å². The molecule has 3 fully saturated rings. The van der Waals surface area contributed by atoms with Crippen LogP contribution in [0.15, 0.2) is 12.2 Å². The molecule has 3 aliphatic rings. The van der Waals surface area contributed by atoms with Crippen molar-refractivity contribution in [3.63, 3.8) is 0 Å². The summed E-state index contributed by atoms with van der Waals surface area (Å²) in [7, 11) is 0. The maximum absolute atomic E-state index is 13.2. The van der Waals surface area contributed by atoms with Crippen molar-refractivity contribution in [3.05, 3.63) is 12.2 Å². The lowest BCUT2D eigenvalue weighted by molar-refractivity contribution is -0.379. The Balaban J connectivity index is 1.53. The van der Waals surface area contributed by atoms with Crippen LogP contribution < -0.4 is 5.32 Å². The van der Waals surface area contributed by atoms with E-state index in [-0.39, 0.29) is 18.9 Å². The number of amides is 1. The van der Waals surface area contributed by atoms with E-state index in [1.807, 2.05) is 0 Å². The van der Waals surface area contributed by atoms with Crippen molar-refractivity contribution in [2.24, 2.45) is 0 Å². The van der Waals surface area contributed by atoms with Crippen LogP contribution in [0, 0.1) is 0 Å². The molecule has 1 amide bonds. The van der Waals surface area contributed by atoms with Crippen LogP contribution in [-0.4, -0.2) is 193 Å². The van der Waals surface area contributed by atoms with E-state index in [1.54, 1.807) is 0 Å². The number of ether oxygens (including phenoxy) is 6. The molecule has 12 N–H and O–H groups in total. The number of nitrogens with one attached hydrogen (secondary N) is 1. The minimum absolute atomic E-state index is 0.255. The molecule has 0 aromatic heterocycles. The Hall–Kier alpha value is -1.47. The molecule has 3 saturated heterocycles. The molecule has 0 aromatic rings. The van der Waals surface area contributed by atoms with Crippen molar-refractivity contribution >= 4 is 5.91 Å². The van der Waals surface area contributed by atoms with Crippen LogP contribution in [0.2, 0.25) is 0 Å². The smallest absolute Gasteiger partial charge is 0.220 e. The van der Waals surface area contributed by atoms with E-state index >= 15 is 0 Å². The van der Waals surface area contributed by atoms with Gasteiger partial charge in [0.1, 0.15) is 73.2 Å². The quantitative estimate of drug-likeness (QED) is 0.0311. The Morgan fingerprint density at radius 2 is 0.915 bits per heavy atom. The number of rotatable bonds is 39. The molecule has 0 aromatic carbocycles. The van der Waals surface area contributed by atoms with Gasteiger partial charge in [-0.25, -0.2) is 0 Å². The van der Waals surface area contributed by atoms with Crippen molar-refractivity contribution in [3.8, 4) is 0 Å². The normalized spacial score (nSPS) is 32.3. The molecule has 17 unspecified atom stereocenters. The maximum atomic E-state index is 13.2. The first-order valence-electron chi connectivity index (χ1n) is 27.4. The molecular formula is C52H97NO18. The molecule has 19 nitrogen and oxygen atoms in total. The fourth-order valence-corrected chi connectivity index (χ4v) is 9.49. The molecule has 19 heteroatoms. The Bertz CT molecular complexity index is 1360. The fraction of sp³-hybridized carbons (Fsp3) is 0.942. The first-order valence-corrected chi connectivity index (χ1v) is 27.4. The van der Waals surface area contributed by atoms with E-state index in [9.17, 15) is 61.0 Å². The van der Waals surface area contributed by atoms with Gasteiger partial charge in [-0.2, -0.15) is 0 Å². The Morgan fingerprint density at radius 3 is 1.42 bits per heavy atom. The van der Waals surface area contributed by atoms with Crippen molar-refractivity contribution in [1.82, 2.24) is 5.32 Å². The van der Waals surface area contributed by atoms with Gasteiger partial charge in [0.2, 0.25) is 5.91 Å². The average molecular weight is 1020 g/mol. The first kappa shape index (κ1) is 63.8. The lowest BCUT2D eigenvalue weighted by Gasteiger charge is -2.48. The minimum Gasteiger partial charge on any atom is -0.394 e. The second-order valence-corrected chi connectivity index (χ2v) is 20.0. The first-order chi connectivity index (χ1) is 34.3. The molecule has 418 valence electrons. The summed E-state index contributed by atoms with van der Waals surface area (Å²) in [6.07, 6.45) is 6.06. The van der Waals surface area contributed by atoms with Crippen LogP contribution in [0.25, 0.3) is 0 Å². The summed E-state index contributed by atoms with van der Waals surface area (Å²) in [5, 5.41) is 120. The molecule has 17 atom stereocenters. The molecular weight excluding hydrogens is 927 g/mol. The molecule has 3 aliphatic heterocycles. The van der Waals surface area contributed by atoms with Crippen LogP contribution in [0.5, 0.6) is 0 Å². The monoisotopic (exact) mass is 1020 g/mol. The van der Waals surface area contributed by atoms with Gasteiger partial charge >= 0.3 is 0 Å². The Morgan fingerprint density at radius 1 is 0.493 bits per heavy atom. The van der Waals surface area contributed by atoms with Gasteiger partial charge in [-0.3, -0.25) is 4.79 Å². The third kappa shape index (κ3) is 22.7. The summed E-state index contributed by atoms with van der Waals surface area (Å²) >= 11 is 0. The van der Waals surface area contributed by atoms with Crippen LogP contribution in [-0.2, 0) is 33.2 Å². The van der Waals surface area contributed by atoms with Gasteiger partial charge in [-0.1, -0.05) is 154 Å². The van der Waals surface area contributed by atoms with Gasteiger partial charge in [0, 0.05) is 6.42 Å². The summed E-state index contributed by atoms with van der Waals surface area (Å²) < 4.78 is 34.2. The summed E-state index contributed by atoms with van der Waals surface area (Å²) in [5.74, 6) is -0.255. The summed E-state index contributed by atoms with van der Waals surface area (Å²) in [6, 6.07) is -0.885. The number of aliphatic hydroxyl groups excluding tert-OH is 11. The molecule has 0 spiro atoms. The maximum Gasteiger partial charge on any atom is 0.220 e. The molecule has 0 aliphatic carbocycles. The lowest BCUT2D eigenvalue weighted by atomic mass is 9.96. The van der Waals surface area contributed by atoms with Crippen LogP contribution in [0.1, 0.15) is 181 Å². The van der Waals surface area contributed by atoms with E-state index in [4.69, 9.17) is 28.4 Å². The predicted molar refractivity (Wildman–Crippen MR) is 263 cm³/mol. The number of unbranched alkanes of at least 4 members (excludes halogenated alkanes) is 21. The number of hydrogen-bond donors (Lipinski definition) is 12. The molecule has 3 heterocycles. The molecule has 3 rings (SSSR count). The number of allylic oxidation sites excluding steroid dienone is 2. The topological polar surface area (TPSA) is 307 Å². The second-order valence-electron chi connectivity index (χ2n) is 20.0. The van der Waals surface area contributed by atoms with Crippen LogP contribution >= 0.6 is 0 Å². The van der Waals surface area contributed by atoms with Crippen molar-refractivity contribution in [1.29, 1.82) is 0 Å². The SMILES string of the molecule is CCC/C=C\CCCCCCCC(=O)NC(COC1OC(CO)C(OC2OC(CO)C(OC3OC(CO)C(O)C(O)C3O)C(O)C2O)C(O)C1O)C(O)CCCCCCCCCCCCCCCCCC. The van der Waals surface area contributed by atoms with Crippen molar-refractivity contribution < 1.29 is 89.4 Å². The highest BCUT2D eigenvalue weighted by molar-refractivity contribution is 5.76. The van der Waals surface area contributed by atoms with E-state index in [0.29, 0.717) is 12.8 Å². The third-order valence-corrected chi connectivity index (χ3v) is 14.1. The van der Waals surface area contributed by atoms with Crippen LogP contribution in [0.4, 0.5) is 0 Å². The largest absolute Gasteiger partial charge is 0.394 e. The molecule has 0 radical (unpaired) electrons. The van der Waals surface area contributed by atoms with Gasteiger partial charge in [0.15, 0.2) is 18.9 Å². The summed E-state index contributed by atoms with van der Waals surface area (Å²) in [6.45, 7) is 1.70. The predicted octanol–water partition coefficient (Wildman–Crippen LogP) is 3.04. The molecule has 0 saturated carbocycles. The minimum atomic E-state index is -1.97. The highest BCUT2D eigenvalue weighted by atomic mass is 16.8. The zero-order valence-corrected chi connectivity index (χ0v) is 43.0. The van der Waals surface area contributed by atoms with Gasteiger partial charge in [-0.05, 0) is 32.1 Å². The number of carbonyl (C=O) groups excluding carboxylic acids is 1. The zero-order valence-electron chi connectivity index (χ0n) is 43.0. The van der Waals surface area contributed by atoms with E-state index in [2.05, 4.69) is 31.3 Å². The molecule has 0 bridgehead atoms. The van der Waals surface area contributed by atoms with E-state index in [1.165, 1.54) is 77.0 Å². The Labute approximate surface area is 423 Å². The van der Waals surface area contributed by atoms with Crippen molar-refractivity contribution in [2.75, 3.05) is 26.4 Å². The number of carbonyl (C=O) groups is 1. The highest BCUT2D eigenvalue weighted by Crippen LogP contribution is 2.33. The second kappa shape index (κ2) is 37.3. The summed E-state index contributed by atoms with van der Waals surface area (Å²) in [4.78, 5) is 13.2. The molecule has 71 heavy (non-hydrogen) atoms. The highest BCUT2D eigenvalue weighted by Gasteiger charge is 2.53.